The van der Waals surface area contributed by atoms with Crippen LogP contribution in [-0.4, -0.2) is 15.6 Å². The number of aryl methyl sites for hydroxylation is 2. The Morgan fingerprint density at radius 2 is 2.23 bits per heavy atom. The van der Waals surface area contributed by atoms with Crippen LogP contribution in [0.2, 0.25) is 0 Å². The SMILES string of the molecule is Cn1ncc2c1C(=O)C1(CC2)CC1. The molecule has 3 heteroatoms. The van der Waals surface area contributed by atoms with Gasteiger partial charge < -0.3 is 0 Å². The lowest BCUT2D eigenvalue weighted by atomic mass is 9.84. The molecule has 0 saturated heterocycles. The molecular weight excluding hydrogens is 164 g/mol. The predicted molar refractivity (Wildman–Crippen MR) is 47.5 cm³/mol. The van der Waals surface area contributed by atoms with E-state index in [-0.39, 0.29) is 5.41 Å². The first-order valence-corrected chi connectivity index (χ1v) is 4.79. The van der Waals surface area contributed by atoms with Gasteiger partial charge in [-0.1, -0.05) is 0 Å². The van der Waals surface area contributed by atoms with Crippen LogP contribution < -0.4 is 0 Å². The zero-order valence-electron chi connectivity index (χ0n) is 7.71. The number of hydrogen-bond donors (Lipinski definition) is 0. The molecular formula is C10H12N2O. The lowest BCUT2D eigenvalue weighted by Gasteiger charge is -2.19. The van der Waals surface area contributed by atoms with Crippen molar-refractivity contribution >= 4 is 5.78 Å². The van der Waals surface area contributed by atoms with E-state index in [0.29, 0.717) is 5.78 Å². The molecule has 1 aromatic heterocycles. The van der Waals surface area contributed by atoms with E-state index in [0.717, 1.165) is 36.9 Å². The first-order chi connectivity index (χ1) is 6.23. The molecule has 3 rings (SSSR count). The van der Waals surface area contributed by atoms with Gasteiger partial charge >= 0.3 is 0 Å². The van der Waals surface area contributed by atoms with Crippen molar-refractivity contribution in [2.24, 2.45) is 12.5 Å². The van der Waals surface area contributed by atoms with Crippen molar-refractivity contribution in [3.05, 3.63) is 17.5 Å². The molecule has 0 atom stereocenters. The molecule has 0 aromatic carbocycles. The molecule has 0 amide bonds. The van der Waals surface area contributed by atoms with Gasteiger partial charge in [-0.25, -0.2) is 0 Å². The van der Waals surface area contributed by atoms with Crippen molar-refractivity contribution in [1.82, 2.24) is 9.78 Å². The van der Waals surface area contributed by atoms with Gasteiger partial charge in [0.2, 0.25) is 0 Å². The zero-order valence-corrected chi connectivity index (χ0v) is 7.71. The predicted octanol–water partition coefficient (Wildman–Crippen LogP) is 1.33. The van der Waals surface area contributed by atoms with E-state index in [1.807, 2.05) is 13.2 Å². The topological polar surface area (TPSA) is 34.9 Å². The maximum Gasteiger partial charge on any atom is 0.187 e. The van der Waals surface area contributed by atoms with E-state index >= 15 is 0 Å². The summed E-state index contributed by atoms with van der Waals surface area (Å²) in [4.78, 5) is 12.0. The molecule has 0 radical (unpaired) electrons. The van der Waals surface area contributed by atoms with Crippen molar-refractivity contribution in [3.8, 4) is 0 Å². The average molecular weight is 176 g/mol. The fourth-order valence-electron chi connectivity index (χ4n) is 2.33. The summed E-state index contributed by atoms with van der Waals surface area (Å²) in [5.41, 5.74) is 2.05. The van der Waals surface area contributed by atoms with E-state index in [4.69, 9.17) is 0 Å². The standard InChI is InChI=1S/C10H12N2O/c1-12-8-7(6-11-12)2-3-10(4-5-10)9(8)13/h6H,2-5H2,1H3. The second kappa shape index (κ2) is 2.03. The summed E-state index contributed by atoms with van der Waals surface area (Å²) >= 11 is 0. The lowest BCUT2D eigenvalue weighted by Crippen LogP contribution is -2.25. The summed E-state index contributed by atoms with van der Waals surface area (Å²) in [6, 6.07) is 0. The summed E-state index contributed by atoms with van der Waals surface area (Å²) in [5.74, 6) is 0.341. The maximum absolute atomic E-state index is 12.0. The number of nitrogens with zero attached hydrogens (tertiary/aromatic N) is 2. The monoisotopic (exact) mass is 176 g/mol. The Balaban J connectivity index is 2.16. The molecule has 0 aliphatic heterocycles. The van der Waals surface area contributed by atoms with Crippen LogP contribution >= 0.6 is 0 Å². The fourth-order valence-corrected chi connectivity index (χ4v) is 2.33. The number of ketones is 1. The van der Waals surface area contributed by atoms with E-state index < -0.39 is 0 Å². The van der Waals surface area contributed by atoms with Crippen LogP contribution in [0.5, 0.6) is 0 Å². The molecule has 13 heavy (non-hydrogen) atoms. The van der Waals surface area contributed by atoms with Gasteiger partial charge in [-0.05, 0) is 25.7 Å². The minimum Gasteiger partial charge on any atom is -0.292 e. The van der Waals surface area contributed by atoms with Gasteiger partial charge in [0.05, 0.1) is 6.20 Å². The van der Waals surface area contributed by atoms with Crippen LogP contribution in [0.3, 0.4) is 0 Å². The maximum atomic E-state index is 12.0. The summed E-state index contributed by atoms with van der Waals surface area (Å²) in [6.07, 6.45) is 6.11. The van der Waals surface area contributed by atoms with Crippen LogP contribution in [-0.2, 0) is 13.5 Å². The van der Waals surface area contributed by atoms with Crippen molar-refractivity contribution in [2.45, 2.75) is 25.7 Å². The Hall–Kier alpha value is -1.12. The molecule has 1 saturated carbocycles. The number of aromatic nitrogens is 2. The van der Waals surface area contributed by atoms with Gasteiger partial charge in [-0.15, -0.1) is 0 Å². The van der Waals surface area contributed by atoms with Crippen LogP contribution in [0, 0.1) is 5.41 Å². The molecule has 3 nitrogen and oxygen atoms in total. The highest BCUT2D eigenvalue weighted by Gasteiger charge is 2.52. The third-order valence-electron chi connectivity index (χ3n) is 3.44. The smallest absolute Gasteiger partial charge is 0.187 e. The molecule has 2 aliphatic rings. The van der Waals surface area contributed by atoms with Crippen molar-refractivity contribution < 1.29 is 4.79 Å². The highest BCUT2D eigenvalue weighted by molar-refractivity contribution is 6.03. The number of carbonyl (C=O) groups is 1. The minimum atomic E-state index is 0.0425. The first kappa shape index (κ1) is 7.30. The number of hydrogen-bond acceptors (Lipinski definition) is 2. The Morgan fingerprint density at radius 1 is 1.46 bits per heavy atom. The Kier molecular flexibility index (Phi) is 1.14. The number of Topliss-reactive ketones (excluding diaryl/α,β-unsaturated/α-hetero) is 1. The van der Waals surface area contributed by atoms with E-state index in [9.17, 15) is 4.79 Å². The third-order valence-corrected chi connectivity index (χ3v) is 3.44. The van der Waals surface area contributed by atoms with Crippen molar-refractivity contribution in [3.63, 3.8) is 0 Å². The zero-order chi connectivity index (χ0) is 9.05. The van der Waals surface area contributed by atoms with E-state index in [1.54, 1.807) is 4.68 Å². The number of fused-ring (bicyclic) bond motifs is 1. The summed E-state index contributed by atoms with van der Waals surface area (Å²) in [7, 11) is 1.86. The van der Waals surface area contributed by atoms with Gasteiger partial charge in [0.1, 0.15) is 5.69 Å². The number of carbonyl (C=O) groups excluding carboxylic acids is 1. The molecule has 0 N–H and O–H groups in total. The Labute approximate surface area is 76.7 Å². The average Bonchev–Trinajstić information content (AvgIpc) is 2.80. The molecule has 0 unspecified atom stereocenters. The second-order valence-electron chi connectivity index (χ2n) is 4.25. The summed E-state index contributed by atoms with van der Waals surface area (Å²) in [6.45, 7) is 0. The highest BCUT2D eigenvalue weighted by Crippen LogP contribution is 2.54. The fraction of sp³-hybridized carbons (Fsp3) is 0.600. The summed E-state index contributed by atoms with van der Waals surface area (Å²) in [5, 5.41) is 4.14. The quantitative estimate of drug-likeness (QED) is 0.597. The molecule has 1 heterocycles. The van der Waals surface area contributed by atoms with Gasteiger partial charge in [-0.2, -0.15) is 5.10 Å². The number of rotatable bonds is 0. The normalized spacial score (nSPS) is 23.3. The van der Waals surface area contributed by atoms with E-state index in [1.165, 1.54) is 0 Å². The Morgan fingerprint density at radius 3 is 2.92 bits per heavy atom. The van der Waals surface area contributed by atoms with Crippen molar-refractivity contribution in [1.29, 1.82) is 0 Å². The van der Waals surface area contributed by atoms with Gasteiger partial charge in [0, 0.05) is 18.0 Å². The van der Waals surface area contributed by atoms with Gasteiger partial charge in [-0.3, -0.25) is 9.48 Å². The van der Waals surface area contributed by atoms with Crippen LogP contribution in [0.15, 0.2) is 6.20 Å². The van der Waals surface area contributed by atoms with E-state index in [2.05, 4.69) is 5.10 Å². The second-order valence-corrected chi connectivity index (χ2v) is 4.25. The lowest BCUT2D eigenvalue weighted by molar-refractivity contribution is 0.0870. The first-order valence-electron chi connectivity index (χ1n) is 4.79. The molecule has 2 aliphatic carbocycles. The highest BCUT2D eigenvalue weighted by atomic mass is 16.1. The van der Waals surface area contributed by atoms with Crippen molar-refractivity contribution in [2.75, 3.05) is 0 Å². The van der Waals surface area contributed by atoms with Gasteiger partial charge in [0.25, 0.3) is 0 Å². The minimum absolute atomic E-state index is 0.0425. The molecule has 0 bridgehead atoms. The Bertz CT molecular complexity index is 388. The largest absolute Gasteiger partial charge is 0.292 e. The third kappa shape index (κ3) is 0.794. The molecule has 1 spiro atoms. The molecule has 1 aromatic rings. The van der Waals surface area contributed by atoms with Crippen LogP contribution in [0.25, 0.3) is 0 Å². The summed E-state index contributed by atoms with van der Waals surface area (Å²) < 4.78 is 1.73. The van der Waals surface area contributed by atoms with Gasteiger partial charge in [0.15, 0.2) is 5.78 Å². The van der Waals surface area contributed by atoms with Crippen LogP contribution in [0.4, 0.5) is 0 Å². The van der Waals surface area contributed by atoms with Crippen LogP contribution in [0.1, 0.15) is 35.3 Å². The molecule has 68 valence electrons. The molecule has 1 fully saturated rings.